The second-order valence-corrected chi connectivity index (χ2v) is 3.40. The van der Waals surface area contributed by atoms with Crippen molar-refractivity contribution in [2.75, 3.05) is 0 Å². The molecule has 0 saturated heterocycles. The van der Waals surface area contributed by atoms with Gasteiger partial charge in [-0.15, -0.1) is 0 Å². The molecular formula is C11H22O. The zero-order chi connectivity index (χ0) is 9.40. The van der Waals surface area contributed by atoms with E-state index < -0.39 is 0 Å². The SMILES string of the molecule is C/C=C(/CC)CCCCC(C)O. The molecule has 72 valence electrons. The summed E-state index contributed by atoms with van der Waals surface area (Å²) in [6.07, 6.45) is 7.78. The average Bonchev–Trinajstić information content (AvgIpc) is 2.04. The number of hydrogen-bond donors (Lipinski definition) is 1. The number of aliphatic hydroxyl groups is 1. The summed E-state index contributed by atoms with van der Waals surface area (Å²) in [6, 6.07) is 0. The highest BCUT2D eigenvalue weighted by Gasteiger charge is 1.96. The van der Waals surface area contributed by atoms with Crippen molar-refractivity contribution in [3.8, 4) is 0 Å². The number of unbranched alkanes of at least 4 members (excludes halogenated alkanes) is 1. The van der Waals surface area contributed by atoms with E-state index >= 15 is 0 Å². The van der Waals surface area contributed by atoms with Crippen LogP contribution in [0.2, 0.25) is 0 Å². The van der Waals surface area contributed by atoms with Gasteiger partial charge in [0.1, 0.15) is 0 Å². The van der Waals surface area contributed by atoms with Crippen LogP contribution in [0.5, 0.6) is 0 Å². The second kappa shape index (κ2) is 7.35. The van der Waals surface area contributed by atoms with Gasteiger partial charge in [0.25, 0.3) is 0 Å². The van der Waals surface area contributed by atoms with Gasteiger partial charge in [0.05, 0.1) is 6.10 Å². The van der Waals surface area contributed by atoms with Crippen LogP contribution >= 0.6 is 0 Å². The number of rotatable bonds is 6. The fourth-order valence-corrected chi connectivity index (χ4v) is 1.32. The summed E-state index contributed by atoms with van der Waals surface area (Å²) in [4.78, 5) is 0. The van der Waals surface area contributed by atoms with Crippen molar-refractivity contribution in [2.45, 2.75) is 59.0 Å². The molecule has 1 nitrogen and oxygen atoms in total. The third kappa shape index (κ3) is 6.41. The van der Waals surface area contributed by atoms with Crippen LogP contribution in [0, 0.1) is 0 Å². The molecule has 0 saturated carbocycles. The summed E-state index contributed by atoms with van der Waals surface area (Å²) < 4.78 is 0. The van der Waals surface area contributed by atoms with E-state index in [9.17, 15) is 0 Å². The lowest BCUT2D eigenvalue weighted by Gasteiger charge is -2.05. The molecule has 1 heteroatoms. The Morgan fingerprint density at radius 1 is 1.42 bits per heavy atom. The zero-order valence-electron chi connectivity index (χ0n) is 8.64. The maximum Gasteiger partial charge on any atom is 0.0512 e. The van der Waals surface area contributed by atoms with Crippen LogP contribution in [-0.2, 0) is 0 Å². The first kappa shape index (κ1) is 11.7. The van der Waals surface area contributed by atoms with Crippen molar-refractivity contribution < 1.29 is 5.11 Å². The van der Waals surface area contributed by atoms with E-state index in [1.165, 1.54) is 19.3 Å². The Kier molecular flexibility index (Phi) is 7.17. The van der Waals surface area contributed by atoms with Gasteiger partial charge in [-0.1, -0.05) is 25.0 Å². The van der Waals surface area contributed by atoms with E-state index in [2.05, 4.69) is 19.9 Å². The van der Waals surface area contributed by atoms with Crippen LogP contribution < -0.4 is 0 Å². The van der Waals surface area contributed by atoms with Crippen LogP contribution in [0.1, 0.15) is 52.9 Å². The quantitative estimate of drug-likeness (QED) is 0.479. The van der Waals surface area contributed by atoms with Gasteiger partial charge in [-0.2, -0.15) is 0 Å². The smallest absolute Gasteiger partial charge is 0.0512 e. The minimum absolute atomic E-state index is 0.124. The molecule has 0 aliphatic rings. The van der Waals surface area contributed by atoms with E-state index in [0.717, 1.165) is 12.8 Å². The van der Waals surface area contributed by atoms with E-state index in [0.29, 0.717) is 0 Å². The standard InChI is InChI=1S/C11H22O/c1-4-11(5-2)9-7-6-8-10(3)12/h4,10,12H,5-9H2,1-3H3/b11-4-. The van der Waals surface area contributed by atoms with Crippen LogP contribution in [-0.4, -0.2) is 11.2 Å². The number of hydrogen-bond acceptors (Lipinski definition) is 1. The molecular weight excluding hydrogens is 148 g/mol. The molecule has 0 rings (SSSR count). The molecule has 0 heterocycles. The van der Waals surface area contributed by atoms with Gasteiger partial charge in [-0.3, -0.25) is 0 Å². The van der Waals surface area contributed by atoms with E-state index in [1.54, 1.807) is 5.57 Å². The average molecular weight is 170 g/mol. The monoisotopic (exact) mass is 170 g/mol. The minimum Gasteiger partial charge on any atom is -0.393 e. The molecule has 1 N–H and O–H groups in total. The first-order valence-electron chi connectivity index (χ1n) is 5.02. The highest BCUT2D eigenvalue weighted by atomic mass is 16.3. The Hall–Kier alpha value is -0.300. The normalized spacial score (nSPS) is 14.8. The van der Waals surface area contributed by atoms with Gasteiger partial charge in [0, 0.05) is 0 Å². The Morgan fingerprint density at radius 3 is 2.50 bits per heavy atom. The summed E-state index contributed by atoms with van der Waals surface area (Å²) in [7, 11) is 0. The van der Waals surface area contributed by atoms with Gasteiger partial charge < -0.3 is 5.11 Å². The maximum absolute atomic E-state index is 9.02. The molecule has 0 aliphatic heterocycles. The van der Waals surface area contributed by atoms with Crippen molar-refractivity contribution in [1.29, 1.82) is 0 Å². The van der Waals surface area contributed by atoms with Crippen LogP contribution in [0.25, 0.3) is 0 Å². The van der Waals surface area contributed by atoms with Gasteiger partial charge in [-0.05, 0) is 39.5 Å². The third-order valence-corrected chi connectivity index (χ3v) is 2.23. The molecule has 1 unspecified atom stereocenters. The molecule has 0 bridgehead atoms. The lowest BCUT2D eigenvalue weighted by atomic mass is 10.0. The molecule has 0 aliphatic carbocycles. The van der Waals surface area contributed by atoms with Gasteiger partial charge in [0.15, 0.2) is 0 Å². The van der Waals surface area contributed by atoms with Gasteiger partial charge in [0.2, 0.25) is 0 Å². The minimum atomic E-state index is -0.124. The number of allylic oxidation sites excluding steroid dienone is 2. The summed E-state index contributed by atoms with van der Waals surface area (Å²) in [5.41, 5.74) is 1.54. The van der Waals surface area contributed by atoms with Crippen molar-refractivity contribution in [2.24, 2.45) is 0 Å². The zero-order valence-corrected chi connectivity index (χ0v) is 8.64. The summed E-state index contributed by atoms with van der Waals surface area (Å²) in [5, 5.41) is 9.02. The van der Waals surface area contributed by atoms with E-state index in [1.807, 2.05) is 6.92 Å². The third-order valence-electron chi connectivity index (χ3n) is 2.23. The van der Waals surface area contributed by atoms with Gasteiger partial charge in [-0.25, -0.2) is 0 Å². The highest BCUT2D eigenvalue weighted by molar-refractivity contribution is 4.98. The van der Waals surface area contributed by atoms with E-state index in [-0.39, 0.29) is 6.10 Å². The van der Waals surface area contributed by atoms with Crippen LogP contribution in [0.3, 0.4) is 0 Å². The topological polar surface area (TPSA) is 20.2 Å². The molecule has 0 aromatic rings. The Labute approximate surface area is 76.5 Å². The van der Waals surface area contributed by atoms with E-state index in [4.69, 9.17) is 5.11 Å². The first-order valence-corrected chi connectivity index (χ1v) is 5.02. The lowest BCUT2D eigenvalue weighted by molar-refractivity contribution is 0.180. The summed E-state index contributed by atoms with van der Waals surface area (Å²) in [5.74, 6) is 0. The second-order valence-electron chi connectivity index (χ2n) is 3.40. The molecule has 0 spiro atoms. The predicted octanol–water partition coefficient (Wildman–Crippen LogP) is 3.28. The Morgan fingerprint density at radius 2 is 2.08 bits per heavy atom. The van der Waals surface area contributed by atoms with Crippen molar-refractivity contribution >= 4 is 0 Å². The molecule has 0 amide bonds. The molecule has 1 atom stereocenters. The lowest BCUT2D eigenvalue weighted by Crippen LogP contribution is -1.98. The molecule has 0 aromatic heterocycles. The van der Waals surface area contributed by atoms with Gasteiger partial charge >= 0.3 is 0 Å². The Balaban J connectivity index is 3.30. The van der Waals surface area contributed by atoms with Crippen LogP contribution in [0.4, 0.5) is 0 Å². The number of aliphatic hydroxyl groups excluding tert-OH is 1. The highest BCUT2D eigenvalue weighted by Crippen LogP contribution is 2.12. The maximum atomic E-state index is 9.02. The molecule has 0 fully saturated rings. The molecule has 12 heavy (non-hydrogen) atoms. The van der Waals surface area contributed by atoms with Crippen LogP contribution in [0.15, 0.2) is 11.6 Å². The van der Waals surface area contributed by atoms with Crippen molar-refractivity contribution in [1.82, 2.24) is 0 Å². The largest absolute Gasteiger partial charge is 0.393 e. The van der Waals surface area contributed by atoms with Crippen molar-refractivity contribution in [3.63, 3.8) is 0 Å². The first-order chi connectivity index (χ1) is 5.70. The predicted molar refractivity (Wildman–Crippen MR) is 54.2 cm³/mol. The fourth-order valence-electron chi connectivity index (χ4n) is 1.32. The Bertz CT molecular complexity index is 125. The van der Waals surface area contributed by atoms with Crippen molar-refractivity contribution in [3.05, 3.63) is 11.6 Å². The molecule has 0 aromatic carbocycles. The fraction of sp³-hybridized carbons (Fsp3) is 0.818. The molecule has 0 radical (unpaired) electrons. The summed E-state index contributed by atoms with van der Waals surface area (Å²) in [6.45, 7) is 6.16. The summed E-state index contributed by atoms with van der Waals surface area (Å²) >= 11 is 0.